The molecule has 1 aromatic heterocycles. The minimum atomic E-state index is 0.190. The minimum absolute atomic E-state index is 0.190. The van der Waals surface area contributed by atoms with E-state index in [9.17, 15) is 4.79 Å². The third-order valence-electron chi connectivity index (χ3n) is 5.95. The Morgan fingerprint density at radius 3 is 2.88 bits per heavy atom. The summed E-state index contributed by atoms with van der Waals surface area (Å²) >= 11 is 0. The van der Waals surface area contributed by atoms with Gasteiger partial charge in [0.2, 0.25) is 5.91 Å². The molecule has 26 heavy (non-hydrogen) atoms. The predicted octanol–water partition coefficient (Wildman–Crippen LogP) is 2.55. The number of nitrogens with zero attached hydrogens (tertiary/aromatic N) is 4. The van der Waals surface area contributed by atoms with E-state index in [4.69, 9.17) is 5.73 Å². The van der Waals surface area contributed by atoms with Crippen LogP contribution in [0, 0.1) is 17.3 Å². The van der Waals surface area contributed by atoms with Gasteiger partial charge in [0.25, 0.3) is 0 Å². The fourth-order valence-electron chi connectivity index (χ4n) is 4.94. The van der Waals surface area contributed by atoms with Crippen molar-refractivity contribution in [2.24, 2.45) is 17.3 Å². The first-order chi connectivity index (χ1) is 12.2. The molecule has 1 aromatic rings. The number of amides is 1. The molecular weight excluding hydrogens is 326 g/mol. The lowest BCUT2D eigenvalue weighted by atomic mass is 9.67. The molecule has 144 valence electrons. The molecule has 1 saturated carbocycles. The predicted molar refractivity (Wildman–Crippen MR) is 103 cm³/mol. The van der Waals surface area contributed by atoms with Crippen LogP contribution >= 0.6 is 0 Å². The Balaban J connectivity index is 1.56. The minimum Gasteiger partial charge on any atom is -0.384 e. The third kappa shape index (κ3) is 4.53. The first kappa shape index (κ1) is 19.1. The molecule has 6 heteroatoms. The standard InChI is InChI=1S/C20H33N5O/c1-14-9-15(11-20(2,3)10-14)19(26)25-8-6-16(12-25)24(4)13-18-22-7-5-17(21)23-18/h5,7,14-16H,6,8-13H2,1-4H3,(H2,21,22,23)/t14-,15-,16+/m1/s1. The fourth-order valence-corrected chi connectivity index (χ4v) is 4.94. The molecular formula is C20H33N5O. The molecule has 0 unspecified atom stereocenters. The summed E-state index contributed by atoms with van der Waals surface area (Å²) in [5.41, 5.74) is 6.02. The average Bonchev–Trinajstić information content (AvgIpc) is 3.02. The van der Waals surface area contributed by atoms with Crippen LogP contribution in [0.3, 0.4) is 0 Å². The maximum Gasteiger partial charge on any atom is 0.225 e. The van der Waals surface area contributed by atoms with Gasteiger partial charge in [-0.1, -0.05) is 20.8 Å². The quantitative estimate of drug-likeness (QED) is 0.894. The van der Waals surface area contributed by atoms with Crippen LogP contribution in [0.15, 0.2) is 12.3 Å². The van der Waals surface area contributed by atoms with E-state index >= 15 is 0 Å². The van der Waals surface area contributed by atoms with Gasteiger partial charge in [-0.2, -0.15) is 0 Å². The van der Waals surface area contributed by atoms with Crippen molar-refractivity contribution in [3.8, 4) is 0 Å². The van der Waals surface area contributed by atoms with Crippen LogP contribution in [0.2, 0.25) is 0 Å². The highest BCUT2D eigenvalue weighted by Gasteiger charge is 2.39. The lowest BCUT2D eigenvalue weighted by Gasteiger charge is -2.39. The largest absolute Gasteiger partial charge is 0.384 e. The van der Waals surface area contributed by atoms with Crippen LogP contribution in [-0.4, -0.2) is 51.9 Å². The second-order valence-corrected chi connectivity index (χ2v) is 9.15. The van der Waals surface area contributed by atoms with Crippen molar-refractivity contribution in [3.05, 3.63) is 18.1 Å². The summed E-state index contributed by atoms with van der Waals surface area (Å²) in [7, 11) is 2.08. The van der Waals surface area contributed by atoms with E-state index < -0.39 is 0 Å². The highest BCUT2D eigenvalue weighted by molar-refractivity contribution is 5.79. The van der Waals surface area contributed by atoms with Crippen LogP contribution in [0.5, 0.6) is 0 Å². The summed E-state index contributed by atoms with van der Waals surface area (Å²) in [6, 6.07) is 2.06. The third-order valence-corrected chi connectivity index (χ3v) is 5.95. The molecule has 0 bridgehead atoms. The molecule has 0 radical (unpaired) electrons. The van der Waals surface area contributed by atoms with E-state index in [-0.39, 0.29) is 11.3 Å². The molecule has 3 atom stereocenters. The van der Waals surface area contributed by atoms with Crippen LogP contribution in [0.25, 0.3) is 0 Å². The van der Waals surface area contributed by atoms with Gasteiger partial charge >= 0.3 is 0 Å². The van der Waals surface area contributed by atoms with Gasteiger partial charge in [0, 0.05) is 31.2 Å². The Bertz CT molecular complexity index is 647. The highest BCUT2D eigenvalue weighted by atomic mass is 16.2. The number of aromatic nitrogens is 2. The molecule has 2 N–H and O–H groups in total. The first-order valence-electron chi connectivity index (χ1n) is 9.80. The molecule has 2 fully saturated rings. The number of hydrogen-bond donors (Lipinski definition) is 1. The molecule has 1 aliphatic heterocycles. The van der Waals surface area contributed by atoms with E-state index in [0.717, 1.165) is 38.2 Å². The topological polar surface area (TPSA) is 75.4 Å². The van der Waals surface area contributed by atoms with E-state index in [2.05, 4.69) is 47.6 Å². The number of hydrogen-bond acceptors (Lipinski definition) is 5. The van der Waals surface area contributed by atoms with Crippen molar-refractivity contribution in [2.45, 2.75) is 59.0 Å². The Morgan fingerprint density at radius 1 is 1.42 bits per heavy atom. The number of likely N-dealkylation sites (tertiary alicyclic amines) is 1. The number of likely N-dealkylation sites (N-methyl/N-ethyl adjacent to an activating group) is 1. The lowest BCUT2D eigenvalue weighted by Crippen LogP contribution is -2.42. The molecule has 0 spiro atoms. The maximum atomic E-state index is 13.1. The number of carbonyl (C=O) groups excluding carboxylic acids is 1. The zero-order valence-electron chi connectivity index (χ0n) is 16.6. The second-order valence-electron chi connectivity index (χ2n) is 9.15. The molecule has 1 amide bonds. The van der Waals surface area contributed by atoms with Crippen LogP contribution in [-0.2, 0) is 11.3 Å². The van der Waals surface area contributed by atoms with E-state index in [1.807, 2.05) is 0 Å². The number of nitrogens with two attached hydrogens (primary N) is 1. The molecule has 2 heterocycles. The maximum absolute atomic E-state index is 13.1. The molecule has 1 saturated heterocycles. The lowest BCUT2D eigenvalue weighted by molar-refractivity contribution is -0.137. The zero-order valence-corrected chi connectivity index (χ0v) is 16.6. The number of carbonyl (C=O) groups is 1. The van der Waals surface area contributed by atoms with Gasteiger partial charge < -0.3 is 10.6 Å². The summed E-state index contributed by atoms with van der Waals surface area (Å²) < 4.78 is 0. The van der Waals surface area contributed by atoms with Gasteiger partial charge in [-0.05, 0) is 50.1 Å². The van der Waals surface area contributed by atoms with Crippen molar-refractivity contribution >= 4 is 11.7 Å². The highest BCUT2D eigenvalue weighted by Crippen LogP contribution is 2.42. The second kappa shape index (κ2) is 7.51. The summed E-state index contributed by atoms with van der Waals surface area (Å²) in [5.74, 6) is 2.42. The van der Waals surface area contributed by atoms with Gasteiger partial charge in [-0.15, -0.1) is 0 Å². The summed E-state index contributed by atoms with van der Waals surface area (Å²) in [4.78, 5) is 26.0. The van der Waals surface area contributed by atoms with Crippen molar-refractivity contribution < 1.29 is 4.79 Å². The van der Waals surface area contributed by atoms with Crippen molar-refractivity contribution in [2.75, 3.05) is 25.9 Å². The Labute approximate surface area is 157 Å². The summed E-state index contributed by atoms with van der Waals surface area (Å²) in [5, 5.41) is 0. The van der Waals surface area contributed by atoms with Gasteiger partial charge in [-0.3, -0.25) is 9.69 Å². The van der Waals surface area contributed by atoms with Crippen molar-refractivity contribution in [3.63, 3.8) is 0 Å². The molecule has 3 rings (SSSR count). The van der Waals surface area contributed by atoms with Crippen LogP contribution < -0.4 is 5.73 Å². The normalized spacial score (nSPS) is 28.5. The fraction of sp³-hybridized carbons (Fsp3) is 0.750. The van der Waals surface area contributed by atoms with E-state index in [1.54, 1.807) is 12.3 Å². The van der Waals surface area contributed by atoms with E-state index in [1.165, 1.54) is 6.42 Å². The Morgan fingerprint density at radius 2 is 2.19 bits per heavy atom. The summed E-state index contributed by atoms with van der Waals surface area (Å²) in [6.07, 6.45) is 5.99. The van der Waals surface area contributed by atoms with Crippen molar-refractivity contribution in [1.82, 2.24) is 19.8 Å². The zero-order chi connectivity index (χ0) is 18.9. The van der Waals surface area contributed by atoms with Gasteiger partial charge in [0.15, 0.2) is 0 Å². The Kier molecular flexibility index (Phi) is 5.51. The molecule has 2 aliphatic rings. The van der Waals surface area contributed by atoms with Gasteiger partial charge in [0.05, 0.1) is 6.54 Å². The van der Waals surface area contributed by atoms with Crippen molar-refractivity contribution in [1.29, 1.82) is 0 Å². The number of anilines is 1. The molecule has 1 aliphatic carbocycles. The van der Waals surface area contributed by atoms with Gasteiger partial charge in [-0.25, -0.2) is 9.97 Å². The first-order valence-corrected chi connectivity index (χ1v) is 9.80. The monoisotopic (exact) mass is 359 g/mol. The van der Waals surface area contributed by atoms with E-state index in [0.29, 0.717) is 30.2 Å². The smallest absolute Gasteiger partial charge is 0.225 e. The molecule has 0 aromatic carbocycles. The summed E-state index contributed by atoms with van der Waals surface area (Å²) in [6.45, 7) is 9.21. The van der Waals surface area contributed by atoms with Gasteiger partial charge in [0.1, 0.15) is 11.6 Å². The molecule has 6 nitrogen and oxygen atoms in total. The number of nitrogen functional groups attached to an aromatic ring is 1. The number of rotatable bonds is 4. The SMILES string of the molecule is C[C@@H]1C[C@@H](C(=O)N2CC[C@H](N(C)Cc3nccc(N)n3)C2)CC(C)(C)C1. The average molecular weight is 360 g/mol. The van der Waals surface area contributed by atoms with Crippen LogP contribution in [0.4, 0.5) is 5.82 Å². The van der Waals surface area contributed by atoms with Crippen LogP contribution in [0.1, 0.15) is 52.3 Å². The Hall–Kier alpha value is -1.69.